The van der Waals surface area contributed by atoms with Crippen LogP contribution in [0.2, 0.25) is 0 Å². The lowest BCUT2D eigenvalue weighted by molar-refractivity contribution is -0.169. The molecule has 0 aromatic carbocycles. The summed E-state index contributed by atoms with van der Waals surface area (Å²) < 4.78 is 39.1. The molecule has 0 fully saturated rings. The molecule has 2 N–H and O–H groups in total. The van der Waals surface area contributed by atoms with Crippen LogP contribution < -0.4 is 11.2 Å². The maximum Gasteiger partial charge on any atom is 0.697 e. The second-order valence-corrected chi connectivity index (χ2v) is 4.77. The summed E-state index contributed by atoms with van der Waals surface area (Å²) >= 11 is 0. The molecule has 1 aliphatic heterocycles. The zero-order valence-corrected chi connectivity index (χ0v) is 11.6. The Morgan fingerprint density at radius 3 is 2.95 bits per heavy atom. The van der Waals surface area contributed by atoms with Gasteiger partial charge in [-0.3, -0.25) is 14.3 Å². The summed E-state index contributed by atoms with van der Waals surface area (Å²) in [5, 5.41) is 0. The van der Waals surface area contributed by atoms with Gasteiger partial charge >= 0.3 is 13.9 Å². The molecule has 11 heteroatoms. The van der Waals surface area contributed by atoms with E-state index in [0.29, 0.717) is 0 Å². The molecule has 1 aromatic heterocycles. The van der Waals surface area contributed by atoms with Crippen LogP contribution in [0, 0.1) is 6.92 Å². The Morgan fingerprint density at radius 2 is 2.29 bits per heavy atom. The summed E-state index contributed by atoms with van der Waals surface area (Å²) in [6.45, 7) is 0.859. The largest absolute Gasteiger partial charge is 0.697 e. The van der Waals surface area contributed by atoms with Crippen LogP contribution in [0.5, 0.6) is 0 Å². The third-order valence-corrected chi connectivity index (χ3v) is 2.91. The number of ether oxygens (including phenoxy) is 2. The zero-order valence-electron chi connectivity index (χ0n) is 10.7. The van der Waals surface area contributed by atoms with Crippen LogP contribution in [0.15, 0.2) is 27.7 Å². The quantitative estimate of drug-likeness (QED) is 0.587. The molecule has 0 aliphatic carbocycles. The van der Waals surface area contributed by atoms with E-state index in [0.717, 1.165) is 16.8 Å². The number of aryl methyl sites for hydroxylation is 1. The maximum atomic E-state index is 13.8. The Labute approximate surface area is 117 Å². The molecule has 1 aromatic rings. The van der Waals surface area contributed by atoms with Crippen molar-refractivity contribution in [3.63, 3.8) is 0 Å². The van der Waals surface area contributed by atoms with E-state index >= 15 is 0 Å². The first-order valence-electron chi connectivity index (χ1n) is 5.64. The Balaban J connectivity index is 2.12. The molecular formula is C10H11FN2O7P+. The number of H-pyrrole nitrogens is 1. The third kappa shape index (κ3) is 3.69. The summed E-state index contributed by atoms with van der Waals surface area (Å²) in [7, 11) is -2.84. The molecule has 2 rings (SSSR count). The number of nitrogens with zero attached hydrogens (tertiary/aromatic N) is 1. The number of hydrogen-bond acceptors (Lipinski definition) is 6. The molecule has 1 aliphatic rings. The molecule has 0 radical (unpaired) electrons. The molecule has 2 heterocycles. The zero-order chi connectivity index (χ0) is 15.6. The lowest BCUT2D eigenvalue weighted by Gasteiger charge is -2.16. The average Bonchev–Trinajstić information content (AvgIpc) is 2.74. The Hall–Kier alpha value is -1.71. The number of aromatic amines is 1. The minimum absolute atomic E-state index is 0.205. The van der Waals surface area contributed by atoms with Crippen LogP contribution in [0.1, 0.15) is 11.8 Å². The monoisotopic (exact) mass is 321 g/mol. The molecule has 114 valence electrons. The van der Waals surface area contributed by atoms with Crippen molar-refractivity contribution in [3.05, 3.63) is 44.5 Å². The van der Waals surface area contributed by atoms with Gasteiger partial charge in [0.05, 0.1) is 0 Å². The summed E-state index contributed by atoms with van der Waals surface area (Å²) in [4.78, 5) is 33.3. The van der Waals surface area contributed by atoms with Crippen molar-refractivity contribution in [3.8, 4) is 0 Å². The fourth-order valence-corrected chi connectivity index (χ4v) is 1.78. The lowest BCUT2D eigenvalue weighted by Crippen LogP contribution is -2.34. The highest BCUT2D eigenvalue weighted by molar-refractivity contribution is 7.32. The Kier molecular flexibility index (Phi) is 4.76. The number of halogens is 1. The van der Waals surface area contributed by atoms with Crippen molar-refractivity contribution in [1.82, 2.24) is 9.55 Å². The Morgan fingerprint density at radius 1 is 1.57 bits per heavy atom. The van der Waals surface area contributed by atoms with Crippen LogP contribution >= 0.6 is 8.25 Å². The van der Waals surface area contributed by atoms with Crippen LogP contribution in [-0.2, 0) is 18.6 Å². The second kappa shape index (κ2) is 6.37. The van der Waals surface area contributed by atoms with Gasteiger partial charge < -0.3 is 9.47 Å². The Bertz CT molecular complexity index is 697. The molecule has 0 bridgehead atoms. The van der Waals surface area contributed by atoms with Gasteiger partial charge in [-0.05, 0) is 6.92 Å². The first kappa shape index (κ1) is 15.7. The minimum atomic E-state index is -2.84. The summed E-state index contributed by atoms with van der Waals surface area (Å²) in [5.74, 6) is -0.804. The lowest BCUT2D eigenvalue weighted by atomic mass is 10.3. The van der Waals surface area contributed by atoms with Crippen LogP contribution in [-0.4, -0.2) is 27.5 Å². The first-order chi connectivity index (χ1) is 9.88. The summed E-state index contributed by atoms with van der Waals surface area (Å²) in [6, 6.07) is 0. The van der Waals surface area contributed by atoms with Crippen LogP contribution in [0.3, 0.4) is 0 Å². The normalized spacial score (nSPS) is 22.2. The first-order valence-corrected chi connectivity index (χ1v) is 6.77. The fourth-order valence-electron chi connectivity index (χ4n) is 1.63. The van der Waals surface area contributed by atoms with Crippen molar-refractivity contribution >= 4 is 8.25 Å². The van der Waals surface area contributed by atoms with E-state index in [9.17, 15) is 18.5 Å². The number of nitrogens with one attached hydrogen (secondary N) is 1. The highest BCUT2D eigenvalue weighted by Gasteiger charge is 2.31. The van der Waals surface area contributed by atoms with Gasteiger partial charge in [-0.2, -0.15) is 0 Å². The number of rotatable bonds is 5. The summed E-state index contributed by atoms with van der Waals surface area (Å²) in [5.41, 5.74) is -1.21. The van der Waals surface area contributed by atoms with E-state index < -0.39 is 44.6 Å². The van der Waals surface area contributed by atoms with E-state index in [1.165, 1.54) is 6.92 Å². The van der Waals surface area contributed by atoms with E-state index in [1.807, 2.05) is 4.98 Å². The van der Waals surface area contributed by atoms with Crippen LogP contribution in [0.4, 0.5) is 4.39 Å². The highest BCUT2D eigenvalue weighted by atomic mass is 31.1. The predicted molar refractivity (Wildman–Crippen MR) is 66.0 cm³/mol. The third-order valence-electron chi connectivity index (χ3n) is 2.59. The van der Waals surface area contributed by atoms with Gasteiger partial charge in [-0.25, -0.2) is 9.18 Å². The van der Waals surface area contributed by atoms with Crippen LogP contribution in [0.25, 0.3) is 0 Å². The van der Waals surface area contributed by atoms with Gasteiger partial charge in [-0.15, -0.1) is 4.89 Å². The van der Waals surface area contributed by atoms with Gasteiger partial charge in [-0.1, -0.05) is 4.52 Å². The van der Waals surface area contributed by atoms with Crippen molar-refractivity contribution in [1.29, 1.82) is 0 Å². The van der Waals surface area contributed by atoms with E-state index in [2.05, 4.69) is 4.52 Å². The fraction of sp³-hybridized carbons (Fsp3) is 0.400. The van der Waals surface area contributed by atoms with E-state index in [1.54, 1.807) is 0 Å². The van der Waals surface area contributed by atoms with E-state index in [4.69, 9.17) is 14.4 Å². The van der Waals surface area contributed by atoms with Gasteiger partial charge in [0.2, 0.25) is 6.79 Å². The molecule has 0 amide bonds. The number of aromatic nitrogens is 2. The molecule has 0 saturated carbocycles. The predicted octanol–water partition coefficient (Wildman–Crippen LogP) is 0.194. The van der Waals surface area contributed by atoms with Crippen molar-refractivity contribution < 1.29 is 27.8 Å². The average molecular weight is 321 g/mol. The molecule has 1 unspecified atom stereocenters. The molecule has 9 nitrogen and oxygen atoms in total. The molecule has 0 saturated heterocycles. The van der Waals surface area contributed by atoms with Crippen molar-refractivity contribution in [2.24, 2.45) is 0 Å². The number of hydrogen-bond donors (Lipinski definition) is 2. The molecule has 21 heavy (non-hydrogen) atoms. The van der Waals surface area contributed by atoms with Gasteiger partial charge in [0.15, 0.2) is 18.3 Å². The highest BCUT2D eigenvalue weighted by Crippen LogP contribution is 2.29. The SMILES string of the molecule is Cc1cn([C@@H]2O[C@H](OCO[P+](=O)O)C=C2F)c(=O)[nH]c1=O. The van der Waals surface area contributed by atoms with Gasteiger partial charge in [0, 0.05) is 22.4 Å². The molecule has 3 atom stereocenters. The smallest absolute Gasteiger partial charge is 0.318 e. The topological polar surface area (TPSA) is 120 Å². The molecular weight excluding hydrogens is 310 g/mol. The molecule has 0 spiro atoms. The maximum absolute atomic E-state index is 13.8. The second-order valence-electron chi connectivity index (χ2n) is 4.04. The summed E-state index contributed by atoms with van der Waals surface area (Å²) in [6.07, 6.45) is -0.487. The van der Waals surface area contributed by atoms with Crippen molar-refractivity contribution in [2.45, 2.75) is 19.4 Å². The minimum Gasteiger partial charge on any atom is -0.318 e. The van der Waals surface area contributed by atoms with Gasteiger partial charge in [0.25, 0.3) is 5.56 Å². The van der Waals surface area contributed by atoms with Gasteiger partial charge in [0.1, 0.15) is 0 Å². The standard InChI is InChI=1S/C10H10FN2O7P/c1-5-3-13(10(15)12-8(5)14)9-6(11)2-7(20-9)18-4-19-21(16)17/h2-3,7,9H,4H2,1H3,(H-,12,14,15,16,17)/p+1/t7-,9+/m0/s1. The van der Waals surface area contributed by atoms with Crippen molar-refractivity contribution in [2.75, 3.05) is 6.79 Å². The van der Waals surface area contributed by atoms with E-state index in [-0.39, 0.29) is 5.56 Å².